The van der Waals surface area contributed by atoms with Gasteiger partial charge in [-0.2, -0.15) is 0 Å². The van der Waals surface area contributed by atoms with Crippen molar-refractivity contribution >= 4 is 11.6 Å². The Kier molecular flexibility index (Phi) is 3.00. The summed E-state index contributed by atoms with van der Waals surface area (Å²) in [7, 11) is 0. The summed E-state index contributed by atoms with van der Waals surface area (Å²) in [5, 5.41) is 9.86. The molecule has 0 saturated carbocycles. The molecule has 0 aromatic carbocycles. The average Bonchev–Trinajstić information content (AvgIpc) is 2.66. The van der Waals surface area contributed by atoms with E-state index in [1.165, 1.54) is 6.33 Å². The Balaban J connectivity index is 2.03. The summed E-state index contributed by atoms with van der Waals surface area (Å²) in [6.07, 6.45) is 3.25. The van der Waals surface area contributed by atoms with Crippen molar-refractivity contribution < 1.29 is 4.74 Å². The van der Waals surface area contributed by atoms with Crippen molar-refractivity contribution in [3.05, 3.63) is 24.7 Å². The van der Waals surface area contributed by atoms with E-state index in [9.17, 15) is 0 Å². The molecule has 0 saturated heterocycles. The van der Waals surface area contributed by atoms with Crippen LogP contribution in [-0.2, 0) is 0 Å². The first kappa shape index (κ1) is 10.4. The second kappa shape index (κ2) is 4.61. The molecule has 0 fully saturated rings. The Morgan fingerprint density at radius 3 is 3.00 bits per heavy atom. The van der Waals surface area contributed by atoms with Crippen LogP contribution in [0.5, 0.6) is 5.88 Å². The van der Waals surface area contributed by atoms with E-state index in [-0.39, 0.29) is 6.10 Å². The van der Waals surface area contributed by atoms with Gasteiger partial charge in [0.15, 0.2) is 0 Å². The molecule has 0 aliphatic rings. The molecule has 0 spiro atoms. The fraction of sp³-hybridized carbons (Fsp3) is 0.300. The number of nitrogens with one attached hydrogen (secondary N) is 2. The maximum atomic E-state index is 5.42. The van der Waals surface area contributed by atoms with Gasteiger partial charge in [-0.25, -0.2) is 9.97 Å². The van der Waals surface area contributed by atoms with E-state index in [0.29, 0.717) is 11.7 Å². The van der Waals surface area contributed by atoms with E-state index in [2.05, 4.69) is 25.5 Å². The van der Waals surface area contributed by atoms with E-state index in [4.69, 9.17) is 4.74 Å². The highest BCUT2D eigenvalue weighted by molar-refractivity contribution is 5.51. The highest BCUT2D eigenvalue weighted by Crippen LogP contribution is 2.16. The van der Waals surface area contributed by atoms with Gasteiger partial charge >= 0.3 is 0 Å². The first-order valence-corrected chi connectivity index (χ1v) is 4.99. The Morgan fingerprint density at radius 1 is 1.44 bits per heavy atom. The number of rotatable bonds is 4. The lowest BCUT2D eigenvalue weighted by molar-refractivity contribution is 0.232. The quantitative estimate of drug-likeness (QED) is 0.819. The largest absolute Gasteiger partial charge is 0.474 e. The third-order valence-electron chi connectivity index (χ3n) is 1.76. The van der Waals surface area contributed by atoms with Crippen LogP contribution in [0.1, 0.15) is 13.8 Å². The van der Waals surface area contributed by atoms with Crippen LogP contribution in [0, 0.1) is 0 Å². The topological polar surface area (TPSA) is 75.7 Å². The molecule has 0 aliphatic carbocycles. The summed E-state index contributed by atoms with van der Waals surface area (Å²) < 4.78 is 5.42. The van der Waals surface area contributed by atoms with E-state index in [0.717, 1.165) is 5.82 Å². The Labute approximate surface area is 93.1 Å². The molecule has 2 aromatic heterocycles. The molecule has 0 unspecified atom stereocenters. The smallest absolute Gasteiger partial charge is 0.234 e. The molecule has 84 valence electrons. The fourth-order valence-corrected chi connectivity index (χ4v) is 1.17. The molecule has 2 N–H and O–H groups in total. The van der Waals surface area contributed by atoms with Gasteiger partial charge in [0.05, 0.1) is 6.10 Å². The van der Waals surface area contributed by atoms with Crippen LogP contribution in [0.4, 0.5) is 11.6 Å². The number of hydrogen-bond donors (Lipinski definition) is 2. The highest BCUT2D eigenvalue weighted by Gasteiger charge is 2.04. The van der Waals surface area contributed by atoms with Crippen LogP contribution in [0.3, 0.4) is 0 Å². The van der Waals surface area contributed by atoms with E-state index < -0.39 is 0 Å². The van der Waals surface area contributed by atoms with Crippen molar-refractivity contribution in [2.24, 2.45) is 0 Å². The summed E-state index contributed by atoms with van der Waals surface area (Å²) in [6.45, 7) is 3.90. The number of aromatic amines is 1. The summed E-state index contributed by atoms with van der Waals surface area (Å²) in [6, 6.07) is 3.55. The number of H-pyrrole nitrogens is 1. The van der Waals surface area contributed by atoms with Gasteiger partial charge in [0, 0.05) is 12.3 Å². The predicted molar refractivity (Wildman–Crippen MR) is 59.7 cm³/mol. The van der Waals surface area contributed by atoms with Crippen LogP contribution >= 0.6 is 0 Å². The van der Waals surface area contributed by atoms with Crippen molar-refractivity contribution in [1.29, 1.82) is 0 Å². The number of nitrogens with zero attached hydrogens (tertiary/aromatic N) is 3. The number of anilines is 2. The van der Waals surface area contributed by atoms with E-state index in [1.54, 1.807) is 18.3 Å². The maximum absolute atomic E-state index is 5.42. The van der Waals surface area contributed by atoms with E-state index >= 15 is 0 Å². The predicted octanol–water partition coefficient (Wildman–Crippen LogP) is 1.73. The molecular formula is C10H13N5O. The molecule has 16 heavy (non-hydrogen) atoms. The normalized spacial score (nSPS) is 10.4. The summed E-state index contributed by atoms with van der Waals surface area (Å²) in [5.74, 6) is 2.00. The number of aromatic nitrogens is 4. The zero-order valence-electron chi connectivity index (χ0n) is 9.14. The second-order valence-corrected chi connectivity index (χ2v) is 3.51. The minimum atomic E-state index is 0.107. The Morgan fingerprint density at radius 2 is 2.31 bits per heavy atom. The summed E-state index contributed by atoms with van der Waals surface area (Å²) in [5.41, 5.74) is 0. The van der Waals surface area contributed by atoms with Crippen molar-refractivity contribution in [2.45, 2.75) is 20.0 Å². The maximum Gasteiger partial charge on any atom is 0.234 e. The SMILES string of the molecule is CC(C)Oc1cc(Nc2ccncn2)[nH]n1. The van der Waals surface area contributed by atoms with Gasteiger partial charge in [-0.3, -0.25) is 5.10 Å². The summed E-state index contributed by atoms with van der Waals surface area (Å²) in [4.78, 5) is 7.86. The van der Waals surface area contributed by atoms with Gasteiger partial charge in [-0.15, -0.1) is 5.10 Å². The third kappa shape index (κ3) is 2.69. The van der Waals surface area contributed by atoms with Crippen LogP contribution < -0.4 is 10.1 Å². The highest BCUT2D eigenvalue weighted by atomic mass is 16.5. The van der Waals surface area contributed by atoms with Crippen molar-refractivity contribution in [3.8, 4) is 5.88 Å². The molecule has 6 heteroatoms. The molecule has 2 heterocycles. The standard InChI is InChI=1S/C10H13N5O/c1-7(2)16-10-5-9(14-15-10)13-8-3-4-11-6-12-8/h3-7H,1-2H3,(H2,11,12,13,14,15). The Bertz CT molecular complexity index is 439. The van der Waals surface area contributed by atoms with Crippen LogP contribution in [0.15, 0.2) is 24.7 Å². The monoisotopic (exact) mass is 219 g/mol. The lowest BCUT2D eigenvalue weighted by Crippen LogP contribution is -2.05. The minimum Gasteiger partial charge on any atom is -0.474 e. The second-order valence-electron chi connectivity index (χ2n) is 3.51. The van der Waals surface area contributed by atoms with E-state index in [1.807, 2.05) is 13.8 Å². The molecule has 0 amide bonds. The van der Waals surface area contributed by atoms with Crippen LogP contribution in [0.2, 0.25) is 0 Å². The molecule has 0 atom stereocenters. The van der Waals surface area contributed by atoms with Gasteiger partial charge in [-0.05, 0) is 19.9 Å². The lowest BCUT2D eigenvalue weighted by Gasteiger charge is -2.04. The molecule has 2 aromatic rings. The average molecular weight is 219 g/mol. The first-order chi connectivity index (χ1) is 7.74. The van der Waals surface area contributed by atoms with Crippen LogP contribution in [-0.4, -0.2) is 26.3 Å². The fourth-order valence-electron chi connectivity index (χ4n) is 1.17. The van der Waals surface area contributed by atoms with Gasteiger partial charge in [0.2, 0.25) is 5.88 Å². The lowest BCUT2D eigenvalue weighted by atomic mass is 10.5. The van der Waals surface area contributed by atoms with Crippen molar-refractivity contribution in [1.82, 2.24) is 20.2 Å². The van der Waals surface area contributed by atoms with Crippen molar-refractivity contribution in [3.63, 3.8) is 0 Å². The summed E-state index contributed by atoms with van der Waals surface area (Å²) >= 11 is 0. The van der Waals surface area contributed by atoms with Gasteiger partial charge < -0.3 is 10.1 Å². The zero-order valence-corrected chi connectivity index (χ0v) is 9.14. The Hall–Kier alpha value is -2.11. The number of hydrogen-bond acceptors (Lipinski definition) is 5. The molecule has 0 bridgehead atoms. The zero-order chi connectivity index (χ0) is 11.4. The van der Waals surface area contributed by atoms with Gasteiger partial charge in [-0.1, -0.05) is 0 Å². The molecule has 6 nitrogen and oxygen atoms in total. The molecular weight excluding hydrogens is 206 g/mol. The third-order valence-corrected chi connectivity index (χ3v) is 1.76. The first-order valence-electron chi connectivity index (χ1n) is 4.99. The molecule has 0 aliphatic heterocycles. The molecule has 2 rings (SSSR count). The van der Waals surface area contributed by atoms with Gasteiger partial charge in [0.1, 0.15) is 18.0 Å². The minimum absolute atomic E-state index is 0.107. The van der Waals surface area contributed by atoms with Gasteiger partial charge in [0.25, 0.3) is 0 Å². The van der Waals surface area contributed by atoms with Crippen LogP contribution in [0.25, 0.3) is 0 Å². The molecule has 0 radical (unpaired) electrons. The number of ether oxygens (including phenoxy) is 1. The van der Waals surface area contributed by atoms with Crippen molar-refractivity contribution in [2.75, 3.05) is 5.32 Å².